The smallest absolute Gasteiger partial charge is 0.270 e. The summed E-state index contributed by atoms with van der Waals surface area (Å²) in [6, 6.07) is 6.65. The molecule has 0 saturated heterocycles. The molecule has 6 heteroatoms. The number of ether oxygens (including phenoxy) is 1. The zero-order valence-corrected chi connectivity index (χ0v) is 16.5. The molecule has 4 rings (SSSR count). The van der Waals surface area contributed by atoms with Gasteiger partial charge in [-0.25, -0.2) is 0 Å². The molecule has 2 amide bonds. The van der Waals surface area contributed by atoms with Crippen LogP contribution in [0.25, 0.3) is 0 Å². The lowest BCUT2D eigenvalue weighted by Crippen LogP contribution is -2.51. The molecule has 3 aliphatic rings. The number of hydrogen-bond acceptors (Lipinski definition) is 4. The Morgan fingerprint density at radius 2 is 2.14 bits per heavy atom. The fourth-order valence-electron chi connectivity index (χ4n) is 4.29. The van der Waals surface area contributed by atoms with Crippen LogP contribution in [0.5, 0.6) is 5.75 Å². The van der Waals surface area contributed by atoms with Gasteiger partial charge in [-0.05, 0) is 49.3 Å². The second kappa shape index (κ2) is 7.78. The van der Waals surface area contributed by atoms with E-state index in [1.54, 1.807) is 11.9 Å². The van der Waals surface area contributed by atoms with E-state index >= 15 is 0 Å². The van der Waals surface area contributed by atoms with E-state index in [2.05, 4.69) is 17.2 Å². The van der Waals surface area contributed by atoms with Crippen molar-refractivity contribution in [3.8, 4) is 5.75 Å². The third-order valence-corrected chi connectivity index (χ3v) is 6.05. The molecule has 0 spiro atoms. The molecule has 1 saturated carbocycles. The lowest BCUT2D eigenvalue weighted by molar-refractivity contribution is -0.124. The number of amides is 2. The molecule has 3 atom stereocenters. The zero-order valence-electron chi connectivity index (χ0n) is 16.5. The molecule has 1 N–H and O–H groups in total. The molecular weight excluding hydrogens is 354 g/mol. The van der Waals surface area contributed by atoms with Crippen LogP contribution in [0.1, 0.15) is 32.6 Å². The molecule has 1 aromatic carbocycles. The Bertz CT molecular complexity index is 845. The summed E-state index contributed by atoms with van der Waals surface area (Å²) in [5.74, 6) is 1.29. The molecule has 1 aromatic rings. The highest BCUT2D eigenvalue weighted by molar-refractivity contribution is 6.44. The first-order valence-corrected chi connectivity index (χ1v) is 10.1. The molecule has 0 radical (unpaired) electrons. The van der Waals surface area contributed by atoms with Gasteiger partial charge in [0.15, 0.2) is 0 Å². The summed E-state index contributed by atoms with van der Waals surface area (Å²) in [6.45, 7) is 2.96. The highest BCUT2D eigenvalue weighted by atomic mass is 16.5. The lowest BCUT2D eigenvalue weighted by atomic mass is 9.69. The van der Waals surface area contributed by atoms with Crippen LogP contribution in [-0.2, 0) is 9.59 Å². The summed E-state index contributed by atoms with van der Waals surface area (Å²) in [5.41, 5.74) is 2.48. The van der Waals surface area contributed by atoms with Crippen molar-refractivity contribution in [1.29, 1.82) is 0 Å². The third kappa shape index (κ3) is 3.43. The van der Waals surface area contributed by atoms with Crippen LogP contribution in [0.3, 0.4) is 0 Å². The van der Waals surface area contributed by atoms with Crippen LogP contribution in [-0.4, -0.2) is 43.8 Å². The Balaban J connectivity index is 1.51. The molecule has 1 fully saturated rings. The Morgan fingerprint density at radius 1 is 1.32 bits per heavy atom. The molecule has 6 nitrogen and oxygen atoms in total. The van der Waals surface area contributed by atoms with Gasteiger partial charge in [0.1, 0.15) is 24.1 Å². The molecule has 28 heavy (non-hydrogen) atoms. The van der Waals surface area contributed by atoms with Gasteiger partial charge in [0.2, 0.25) is 0 Å². The second-order valence-corrected chi connectivity index (χ2v) is 7.84. The highest BCUT2D eigenvalue weighted by Gasteiger charge is 2.36. The summed E-state index contributed by atoms with van der Waals surface area (Å²) in [7, 11) is 1.70. The van der Waals surface area contributed by atoms with Crippen molar-refractivity contribution >= 4 is 23.2 Å². The Kier molecular flexibility index (Phi) is 5.20. The van der Waals surface area contributed by atoms with Gasteiger partial charge in [-0.1, -0.05) is 31.1 Å². The van der Waals surface area contributed by atoms with Crippen LogP contribution in [0.2, 0.25) is 0 Å². The maximum absolute atomic E-state index is 12.9. The number of nitrogens with one attached hydrogen (secondary N) is 1. The SMILES string of the molecule is CCCC1=CC(C(=O)N[C@H]2COc3ccccc3N(C)C2=O)=NCC2CCC12. The average molecular weight is 381 g/mol. The number of carbonyl (C=O) groups is 2. The number of hydrogen-bond donors (Lipinski definition) is 1. The van der Waals surface area contributed by atoms with E-state index in [4.69, 9.17) is 4.74 Å². The van der Waals surface area contributed by atoms with Gasteiger partial charge in [0.05, 0.1) is 5.69 Å². The summed E-state index contributed by atoms with van der Waals surface area (Å²) in [6.07, 6.45) is 6.39. The number of fused-ring (bicyclic) bond motifs is 2. The number of allylic oxidation sites excluding steroid dienone is 1. The van der Waals surface area contributed by atoms with Crippen LogP contribution < -0.4 is 15.0 Å². The van der Waals surface area contributed by atoms with Gasteiger partial charge in [-0.2, -0.15) is 0 Å². The number of anilines is 1. The molecule has 0 bridgehead atoms. The van der Waals surface area contributed by atoms with E-state index in [1.807, 2.05) is 30.3 Å². The number of para-hydroxylation sites is 2. The van der Waals surface area contributed by atoms with Crippen molar-refractivity contribution in [3.05, 3.63) is 35.9 Å². The standard InChI is InChI=1S/C22H27N3O3/c1-3-6-14-11-17(23-12-15-9-10-16(14)15)21(26)24-18-13-28-20-8-5-4-7-19(20)25(2)22(18)27/h4-5,7-8,11,15-16,18H,3,6,9-10,12-13H2,1-2H3,(H,24,26)/t15?,16?,18-/m0/s1. The van der Waals surface area contributed by atoms with Gasteiger partial charge < -0.3 is 15.0 Å². The number of nitrogens with zero attached hydrogens (tertiary/aromatic N) is 2. The molecule has 2 heterocycles. The van der Waals surface area contributed by atoms with Gasteiger partial charge in [-0.15, -0.1) is 0 Å². The van der Waals surface area contributed by atoms with Gasteiger partial charge in [0, 0.05) is 13.6 Å². The summed E-state index contributed by atoms with van der Waals surface area (Å²) in [4.78, 5) is 31.9. The third-order valence-electron chi connectivity index (χ3n) is 6.05. The summed E-state index contributed by atoms with van der Waals surface area (Å²) < 4.78 is 5.79. The molecule has 148 valence electrons. The maximum Gasteiger partial charge on any atom is 0.270 e. The number of likely N-dealkylation sites (N-methyl/N-ethyl adjacent to an activating group) is 1. The first-order valence-electron chi connectivity index (χ1n) is 10.1. The summed E-state index contributed by atoms with van der Waals surface area (Å²) >= 11 is 0. The molecular formula is C22H27N3O3. The normalized spacial score (nSPS) is 26.4. The Labute approximate surface area is 165 Å². The molecule has 1 aliphatic carbocycles. The van der Waals surface area contributed by atoms with Crippen molar-refractivity contribution < 1.29 is 14.3 Å². The number of benzene rings is 1. The molecule has 2 aliphatic heterocycles. The van der Waals surface area contributed by atoms with Crippen molar-refractivity contribution in [2.24, 2.45) is 16.8 Å². The van der Waals surface area contributed by atoms with E-state index < -0.39 is 6.04 Å². The fourth-order valence-corrected chi connectivity index (χ4v) is 4.29. The van der Waals surface area contributed by atoms with Crippen LogP contribution in [0.4, 0.5) is 5.69 Å². The minimum Gasteiger partial charge on any atom is -0.489 e. The average Bonchev–Trinajstić information content (AvgIpc) is 2.87. The second-order valence-electron chi connectivity index (χ2n) is 7.84. The van der Waals surface area contributed by atoms with Crippen LogP contribution in [0, 0.1) is 11.8 Å². The van der Waals surface area contributed by atoms with Crippen molar-refractivity contribution in [2.45, 2.75) is 38.6 Å². The number of aliphatic imine (C=N–C) groups is 1. The monoisotopic (exact) mass is 381 g/mol. The van der Waals surface area contributed by atoms with Gasteiger partial charge in [0.25, 0.3) is 11.8 Å². The first kappa shape index (κ1) is 18.7. The predicted molar refractivity (Wildman–Crippen MR) is 109 cm³/mol. The van der Waals surface area contributed by atoms with E-state index in [-0.39, 0.29) is 18.4 Å². The largest absolute Gasteiger partial charge is 0.489 e. The minimum atomic E-state index is -0.740. The van der Waals surface area contributed by atoms with Crippen molar-refractivity contribution in [1.82, 2.24) is 5.32 Å². The van der Waals surface area contributed by atoms with Gasteiger partial charge >= 0.3 is 0 Å². The topological polar surface area (TPSA) is 71.0 Å². The highest BCUT2D eigenvalue weighted by Crippen LogP contribution is 2.42. The molecule has 2 unspecified atom stereocenters. The van der Waals surface area contributed by atoms with Crippen molar-refractivity contribution in [3.63, 3.8) is 0 Å². The fraction of sp³-hybridized carbons (Fsp3) is 0.500. The maximum atomic E-state index is 12.9. The summed E-state index contributed by atoms with van der Waals surface area (Å²) in [5, 5.41) is 2.85. The van der Waals surface area contributed by atoms with E-state index in [9.17, 15) is 9.59 Å². The van der Waals surface area contributed by atoms with E-state index in [1.165, 1.54) is 18.4 Å². The predicted octanol–water partition coefficient (Wildman–Crippen LogP) is 2.73. The Hall–Kier alpha value is -2.63. The number of rotatable bonds is 4. The zero-order chi connectivity index (χ0) is 19.7. The van der Waals surface area contributed by atoms with Crippen molar-refractivity contribution in [2.75, 3.05) is 25.1 Å². The Morgan fingerprint density at radius 3 is 2.89 bits per heavy atom. The van der Waals surface area contributed by atoms with E-state index in [0.29, 0.717) is 35.5 Å². The van der Waals surface area contributed by atoms with Gasteiger partial charge in [-0.3, -0.25) is 14.6 Å². The van der Waals surface area contributed by atoms with E-state index in [0.717, 1.165) is 12.8 Å². The number of carbonyl (C=O) groups excluding carboxylic acids is 2. The van der Waals surface area contributed by atoms with Crippen LogP contribution in [0.15, 0.2) is 40.9 Å². The quantitative estimate of drug-likeness (QED) is 0.872. The minimum absolute atomic E-state index is 0.107. The first-order chi connectivity index (χ1) is 13.6. The van der Waals surface area contributed by atoms with Crippen LogP contribution >= 0.6 is 0 Å². The molecule has 0 aromatic heterocycles. The lowest BCUT2D eigenvalue weighted by Gasteiger charge is -2.36.